The Morgan fingerprint density at radius 2 is 1.76 bits per heavy atom. The highest BCUT2D eigenvalue weighted by molar-refractivity contribution is 6.30. The van der Waals surface area contributed by atoms with Crippen LogP contribution < -0.4 is 5.32 Å². The summed E-state index contributed by atoms with van der Waals surface area (Å²) in [7, 11) is 3.58. The molecule has 8 nitrogen and oxygen atoms in total. The van der Waals surface area contributed by atoms with Crippen molar-refractivity contribution < 1.29 is 19.5 Å². The summed E-state index contributed by atoms with van der Waals surface area (Å²) in [6.07, 6.45) is 5.26. The summed E-state index contributed by atoms with van der Waals surface area (Å²) in [5.41, 5.74) is 0.833. The molecule has 2 unspecified atom stereocenters. The number of amides is 4. The van der Waals surface area contributed by atoms with Crippen molar-refractivity contribution in [2.24, 2.45) is 5.92 Å². The maximum absolute atomic E-state index is 13.4. The summed E-state index contributed by atoms with van der Waals surface area (Å²) in [5, 5.41) is 12.3. The highest BCUT2D eigenvalue weighted by Gasteiger charge is 2.40. The lowest BCUT2D eigenvalue weighted by Crippen LogP contribution is -2.60. The summed E-state index contributed by atoms with van der Waals surface area (Å²) in [5.74, 6) is -0.143. The van der Waals surface area contributed by atoms with Crippen LogP contribution in [0.15, 0.2) is 24.3 Å². The van der Waals surface area contributed by atoms with Gasteiger partial charge in [-0.05, 0) is 42.9 Å². The van der Waals surface area contributed by atoms with Gasteiger partial charge >= 0.3 is 12.1 Å². The topological polar surface area (TPSA) is 93.2 Å². The normalized spacial score (nSPS) is 22.1. The number of carbonyl (C=O) groups is 3. The van der Waals surface area contributed by atoms with Crippen LogP contribution in [0.4, 0.5) is 9.59 Å². The number of nitrogens with one attached hydrogen (secondary N) is 1. The molecule has 2 fully saturated rings. The summed E-state index contributed by atoms with van der Waals surface area (Å²) in [6.45, 7) is 3.07. The maximum atomic E-state index is 13.4. The highest BCUT2D eigenvalue weighted by atomic mass is 35.5. The fourth-order valence-electron chi connectivity index (χ4n) is 5.33. The number of rotatable bonds is 6. The Labute approximate surface area is 207 Å². The van der Waals surface area contributed by atoms with Crippen molar-refractivity contribution in [2.75, 3.05) is 27.2 Å². The third-order valence-electron chi connectivity index (χ3n) is 7.05. The van der Waals surface area contributed by atoms with Crippen LogP contribution >= 0.6 is 11.6 Å². The first-order valence-corrected chi connectivity index (χ1v) is 12.6. The first-order valence-electron chi connectivity index (χ1n) is 12.2. The number of hydrogen-bond donors (Lipinski definition) is 2. The van der Waals surface area contributed by atoms with Gasteiger partial charge in [0.2, 0.25) is 5.91 Å². The number of benzene rings is 1. The molecule has 1 saturated carbocycles. The number of urea groups is 1. The van der Waals surface area contributed by atoms with Crippen molar-refractivity contribution in [1.29, 1.82) is 0 Å². The Morgan fingerprint density at radius 1 is 1.12 bits per heavy atom. The Balaban J connectivity index is 1.71. The van der Waals surface area contributed by atoms with Gasteiger partial charge in [-0.1, -0.05) is 49.9 Å². The van der Waals surface area contributed by atoms with E-state index in [4.69, 9.17) is 11.6 Å². The van der Waals surface area contributed by atoms with Gasteiger partial charge < -0.3 is 25.1 Å². The summed E-state index contributed by atoms with van der Waals surface area (Å²) >= 11 is 5.95. The van der Waals surface area contributed by atoms with Gasteiger partial charge in [-0.25, -0.2) is 9.59 Å². The van der Waals surface area contributed by atoms with E-state index >= 15 is 0 Å². The third-order valence-corrected chi connectivity index (χ3v) is 7.30. The molecule has 2 N–H and O–H groups in total. The van der Waals surface area contributed by atoms with E-state index in [2.05, 4.69) is 17.1 Å². The molecule has 3 rings (SSSR count). The zero-order chi connectivity index (χ0) is 24.8. The first-order chi connectivity index (χ1) is 16.2. The molecule has 34 heavy (non-hydrogen) atoms. The molecule has 3 atom stereocenters. The lowest BCUT2D eigenvalue weighted by atomic mass is 9.87. The molecule has 4 amide bonds. The van der Waals surface area contributed by atoms with Crippen molar-refractivity contribution in [3.63, 3.8) is 0 Å². The molecule has 1 aliphatic heterocycles. The van der Waals surface area contributed by atoms with Gasteiger partial charge in [0.05, 0.1) is 0 Å². The molecule has 0 spiro atoms. The monoisotopic (exact) mass is 492 g/mol. The number of hydrogen-bond acceptors (Lipinski definition) is 3. The Kier molecular flexibility index (Phi) is 9.05. The molecule has 1 aliphatic carbocycles. The number of likely N-dealkylation sites (tertiary alicyclic amines) is 1. The fourth-order valence-corrected chi connectivity index (χ4v) is 5.46. The van der Waals surface area contributed by atoms with Gasteiger partial charge in [0, 0.05) is 50.7 Å². The molecule has 188 valence electrons. The molecular weight excluding hydrogens is 456 g/mol. The van der Waals surface area contributed by atoms with E-state index in [1.807, 2.05) is 0 Å². The second kappa shape index (κ2) is 11.8. The van der Waals surface area contributed by atoms with Gasteiger partial charge in [-0.2, -0.15) is 0 Å². The molecule has 0 radical (unpaired) electrons. The molecule has 1 aromatic carbocycles. The second-order valence-corrected chi connectivity index (χ2v) is 10.3. The minimum absolute atomic E-state index is 0.0386. The van der Waals surface area contributed by atoms with E-state index in [9.17, 15) is 19.5 Å². The van der Waals surface area contributed by atoms with Gasteiger partial charge in [0.15, 0.2) is 0 Å². The molecule has 0 bridgehead atoms. The van der Waals surface area contributed by atoms with Crippen LogP contribution in [0.5, 0.6) is 0 Å². The number of piperidine rings is 1. The SMILES string of the molecule is CC1CN(C(=O)[C@@H](Cc2ccc(Cl)cc2)NC(=O)O)CCC1N(C(=O)N(C)C)C1CCCCC1. The van der Waals surface area contributed by atoms with E-state index < -0.39 is 12.1 Å². The van der Waals surface area contributed by atoms with Crippen molar-refractivity contribution in [1.82, 2.24) is 20.0 Å². The Bertz CT molecular complexity index is 857. The van der Waals surface area contributed by atoms with Crippen LogP contribution in [-0.2, 0) is 11.2 Å². The van der Waals surface area contributed by atoms with E-state index in [1.165, 1.54) is 6.42 Å². The summed E-state index contributed by atoms with van der Waals surface area (Å²) < 4.78 is 0. The number of carboxylic acid groups (broad SMARTS) is 1. The van der Waals surface area contributed by atoms with E-state index in [1.54, 1.807) is 48.2 Å². The standard InChI is InChI=1S/C25H37ClN4O4/c1-17-16-29(23(31)21(27-24(32)33)15-18-9-11-19(26)12-10-18)14-13-22(17)30(25(34)28(2)3)20-7-5-4-6-8-20/h9-12,17,20-22,27H,4-8,13-16H2,1-3H3,(H,32,33)/t17?,21-,22?/m1/s1. The summed E-state index contributed by atoms with van der Waals surface area (Å²) in [4.78, 5) is 43.4. The van der Waals surface area contributed by atoms with E-state index in [0.29, 0.717) is 24.5 Å². The van der Waals surface area contributed by atoms with Crippen LogP contribution in [0.1, 0.15) is 51.0 Å². The Morgan fingerprint density at radius 3 is 2.32 bits per heavy atom. The molecular formula is C25H37ClN4O4. The number of carbonyl (C=O) groups excluding carboxylic acids is 2. The minimum Gasteiger partial charge on any atom is -0.465 e. The smallest absolute Gasteiger partial charge is 0.405 e. The molecule has 1 heterocycles. The van der Waals surface area contributed by atoms with Crippen molar-refractivity contribution in [3.05, 3.63) is 34.9 Å². The van der Waals surface area contributed by atoms with Crippen LogP contribution in [0.25, 0.3) is 0 Å². The largest absolute Gasteiger partial charge is 0.465 e. The zero-order valence-corrected chi connectivity index (χ0v) is 21.1. The fraction of sp³-hybridized carbons (Fsp3) is 0.640. The second-order valence-electron chi connectivity index (χ2n) is 9.83. The van der Waals surface area contributed by atoms with Crippen molar-refractivity contribution in [3.8, 4) is 0 Å². The molecule has 2 aliphatic rings. The predicted octanol–water partition coefficient (Wildman–Crippen LogP) is 4.07. The van der Waals surface area contributed by atoms with Gasteiger partial charge in [-0.15, -0.1) is 0 Å². The van der Waals surface area contributed by atoms with Crippen LogP contribution in [0, 0.1) is 5.92 Å². The van der Waals surface area contributed by atoms with Crippen molar-refractivity contribution in [2.45, 2.75) is 70.0 Å². The molecule has 1 saturated heterocycles. The minimum atomic E-state index is -1.23. The van der Waals surface area contributed by atoms with Crippen LogP contribution in [-0.4, -0.2) is 83.1 Å². The first kappa shape index (κ1) is 26.1. The molecule has 9 heteroatoms. The molecule has 0 aromatic heterocycles. The van der Waals surface area contributed by atoms with Crippen molar-refractivity contribution >= 4 is 29.6 Å². The quantitative estimate of drug-likeness (QED) is 0.626. The Hall–Kier alpha value is -2.48. The third kappa shape index (κ3) is 6.56. The van der Waals surface area contributed by atoms with Crippen LogP contribution in [0.3, 0.4) is 0 Å². The number of nitrogens with zero attached hydrogens (tertiary/aromatic N) is 3. The average Bonchev–Trinajstić information content (AvgIpc) is 2.81. The average molecular weight is 493 g/mol. The molecule has 1 aromatic rings. The van der Waals surface area contributed by atoms with E-state index in [0.717, 1.165) is 31.2 Å². The highest BCUT2D eigenvalue weighted by Crippen LogP contribution is 2.31. The van der Waals surface area contributed by atoms with Gasteiger partial charge in [-0.3, -0.25) is 4.79 Å². The number of halogens is 1. The lowest BCUT2D eigenvalue weighted by molar-refractivity contribution is -0.136. The summed E-state index contributed by atoms with van der Waals surface area (Å²) in [6, 6.07) is 6.53. The van der Waals surface area contributed by atoms with Gasteiger partial charge in [0.1, 0.15) is 6.04 Å². The zero-order valence-electron chi connectivity index (χ0n) is 20.4. The predicted molar refractivity (Wildman–Crippen MR) is 132 cm³/mol. The van der Waals surface area contributed by atoms with Crippen LogP contribution in [0.2, 0.25) is 5.02 Å². The maximum Gasteiger partial charge on any atom is 0.405 e. The van der Waals surface area contributed by atoms with E-state index in [-0.39, 0.29) is 36.4 Å². The lowest BCUT2D eigenvalue weighted by Gasteiger charge is -2.47. The van der Waals surface area contributed by atoms with Gasteiger partial charge in [0.25, 0.3) is 0 Å².